The minimum Gasteiger partial charge on any atom is -0.406 e. The highest BCUT2D eigenvalue weighted by Gasteiger charge is 2.30. The number of rotatable bonds is 6. The van der Waals surface area contributed by atoms with Gasteiger partial charge in [0.15, 0.2) is 0 Å². The summed E-state index contributed by atoms with van der Waals surface area (Å²) in [7, 11) is 0. The molecule has 0 aliphatic carbocycles. The first-order valence-electron chi connectivity index (χ1n) is 7.93. The molecule has 0 aliphatic rings. The van der Waals surface area contributed by atoms with Gasteiger partial charge < -0.3 is 14.6 Å². The van der Waals surface area contributed by atoms with Crippen LogP contribution in [0.5, 0.6) is 5.75 Å². The zero-order valence-electron chi connectivity index (χ0n) is 13.9. The Hall–Kier alpha value is -3.36. The number of nitrogens with one attached hydrogen (secondary N) is 1. The van der Waals surface area contributed by atoms with Crippen LogP contribution in [-0.4, -0.2) is 22.4 Å². The normalized spacial score (nSPS) is 11.2. The number of anilines is 1. The SMILES string of the molecule is O=C(CCc1nc(-c2ccccc2)no1)Nc1ccc(OC(F)(F)F)cc1. The summed E-state index contributed by atoms with van der Waals surface area (Å²) < 4.78 is 45.2. The Kier molecular flexibility index (Phi) is 5.39. The second kappa shape index (κ2) is 7.90. The number of hydrogen-bond acceptors (Lipinski definition) is 5. The quantitative estimate of drug-likeness (QED) is 0.696. The molecule has 0 atom stereocenters. The zero-order valence-corrected chi connectivity index (χ0v) is 13.9. The lowest BCUT2D eigenvalue weighted by molar-refractivity contribution is -0.274. The van der Waals surface area contributed by atoms with Gasteiger partial charge in [0.05, 0.1) is 0 Å². The third-order valence-corrected chi connectivity index (χ3v) is 3.44. The molecule has 1 N–H and O–H groups in total. The lowest BCUT2D eigenvalue weighted by Gasteiger charge is -2.09. The predicted octanol–water partition coefficient (Wildman–Crippen LogP) is 4.21. The Balaban J connectivity index is 1.51. The molecule has 3 rings (SSSR count). The van der Waals surface area contributed by atoms with E-state index in [1.165, 1.54) is 12.1 Å². The van der Waals surface area contributed by atoms with Gasteiger partial charge in [0.2, 0.25) is 17.6 Å². The Morgan fingerprint density at radius 3 is 2.44 bits per heavy atom. The van der Waals surface area contributed by atoms with E-state index in [-0.39, 0.29) is 24.5 Å². The Morgan fingerprint density at radius 1 is 1.07 bits per heavy atom. The van der Waals surface area contributed by atoms with Gasteiger partial charge >= 0.3 is 6.36 Å². The molecule has 3 aromatic rings. The van der Waals surface area contributed by atoms with Crippen molar-refractivity contribution in [1.82, 2.24) is 10.1 Å². The largest absolute Gasteiger partial charge is 0.573 e. The molecule has 2 aromatic carbocycles. The van der Waals surface area contributed by atoms with Crippen molar-refractivity contribution in [2.45, 2.75) is 19.2 Å². The average molecular weight is 377 g/mol. The highest BCUT2D eigenvalue weighted by atomic mass is 19.4. The molecule has 0 radical (unpaired) electrons. The molecule has 27 heavy (non-hydrogen) atoms. The number of hydrogen-bond donors (Lipinski definition) is 1. The predicted molar refractivity (Wildman–Crippen MR) is 89.8 cm³/mol. The van der Waals surface area contributed by atoms with E-state index in [0.29, 0.717) is 17.4 Å². The van der Waals surface area contributed by atoms with Crippen LogP contribution in [0.15, 0.2) is 59.1 Å². The molecule has 0 saturated heterocycles. The number of carbonyl (C=O) groups excluding carboxylic acids is 1. The van der Waals surface area contributed by atoms with E-state index in [1.807, 2.05) is 30.3 Å². The van der Waals surface area contributed by atoms with Crippen molar-refractivity contribution in [3.63, 3.8) is 0 Å². The van der Waals surface area contributed by atoms with E-state index in [2.05, 4.69) is 20.2 Å². The highest BCUT2D eigenvalue weighted by molar-refractivity contribution is 5.90. The van der Waals surface area contributed by atoms with Gasteiger partial charge in [-0.15, -0.1) is 13.2 Å². The third-order valence-electron chi connectivity index (χ3n) is 3.44. The van der Waals surface area contributed by atoms with Crippen molar-refractivity contribution in [2.75, 3.05) is 5.32 Å². The maximum absolute atomic E-state index is 12.1. The maximum atomic E-state index is 12.1. The van der Waals surface area contributed by atoms with Gasteiger partial charge in [-0.2, -0.15) is 4.98 Å². The summed E-state index contributed by atoms with van der Waals surface area (Å²) in [5.41, 5.74) is 1.16. The first-order chi connectivity index (χ1) is 12.9. The summed E-state index contributed by atoms with van der Waals surface area (Å²) in [6, 6.07) is 14.1. The summed E-state index contributed by atoms with van der Waals surface area (Å²) >= 11 is 0. The monoisotopic (exact) mass is 377 g/mol. The van der Waals surface area contributed by atoms with Crippen molar-refractivity contribution in [1.29, 1.82) is 0 Å². The van der Waals surface area contributed by atoms with Gasteiger partial charge in [-0.05, 0) is 24.3 Å². The number of ether oxygens (including phenoxy) is 1. The fourth-order valence-corrected chi connectivity index (χ4v) is 2.24. The van der Waals surface area contributed by atoms with E-state index in [4.69, 9.17) is 4.52 Å². The Bertz CT molecular complexity index is 893. The van der Waals surface area contributed by atoms with Crippen LogP contribution < -0.4 is 10.1 Å². The number of halogens is 3. The number of aryl methyl sites for hydroxylation is 1. The van der Waals surface area contributed by atoms with Crippen LogP contribution in [-0.2, 0) is 11.2 Å². The molecule has 0 unspecified atom stereocenters. The molecule has 0 saturated carbocycles. The molecular weight excluding hydrogens is 363 g/mol. The van der Waals surface area contributed by atoms with E-state index in [9.17, 15) is 18.0 Å². The Morgan fingerprint density at radius 2 is 1.78 bits per heavy atom. The lowest BCUT2D eigenvalue weighted by Crippen LogP contribution is -2.17. The number of aromatic nitrogens is 2. The first kappa shape index (κ1) is 18.4. The summed E-state index contributed by atoms with van der Waals surface area (Å²) in [6.07, 6.45) is -4.44. The van der Waals surface area contributed by atoms with E-state index in [1.54, 1.807) is 0 Å². The van der Waals surface area contributed by atoms with Crippen LogP contribution in [0.25, 0.3) is 11.4 Å². The summed E-state index contributed by atoms with van der Waals surface area (Å²) in [5, 5.41) is 6.44. The molecule has 9 heteroatoms. The molecule has 1 aromatic heterocycles. The minimum atomic E-state index is -4.76. The second-order valence-electron chi connectivity index (χ2n) is 5.50. The molecular formula is C18H14F3N3O3. The first-order valence-corrected chi connectivity index (χ1v) is 7.93. The van der Waals surface area contributed by atoms with Gasteiger partial charge in [-0.1, -0.05) is 35.5 Å². The topological polar surface area (TPSA) is 77.2 Å². The fraction of sp³-hybridized carbons (Fsp3) is 0.167. The Labute approximate surface area is 152 Å². The van der Waals surface area contributed by atoms with Crippen LogP contribution in [0.2, 0.25) is 0 Å². The van der Waals surface area contributed by atoms with Gasteiger partial charge in [-0.25, -0.2) is 0 Å². The van der Waals surface area contributed by atoms with E-state index < -0.39 is 6.36 Å². The van der Waals surface area contributed by atoms with Crippen molar-refractivity contribution < 1.29 is 27.2 Å². The second-order valence-corrected chi connectivity index (χ2v) is 5.50. The van der Waals surface area contributed by atoms with Crippen LogP contribution in [0.4, 0.5) is 18.9 Å². The van der Waals surface area contributed by atoms with Crippen molar-refractivity contribution in [2.24, 2.45) is 0 Å². The molecule has 0 bridgehead atoms. The number of nitrogens with zero attached hydrogens (tertiary/aromatic N) is 2. The summed E-state index contributed by atoms with van der Waals surface area (Å²) in [6.45, 7) is 0. The molecule has 0 aliphatic heterocycles. The standard InChI is InChI=1S/C18H14F3N3O3/c19-18(20,21)26-14-8-6-13(7-9-14)22-15(25)10-11-16-23-17(24-27-16)12-4-2-1-3-5-12/h1-9H,10-11H2,(H,22,25). The summed E-state index contributed by atoms with van der Waals surface area (Å²) in [5.74, 6) is 0.0583. The zero-order chi connectivity index (χ0) is 19.3. The number of benzene rings is 2. The van der Waals surface area contributed by atoms with E-state index in [0.717, 1.165) is 17.7 Å². The molecule has 140 valence electrons. The fourth-order valence-electron chi connectivity index (χ4n) is 2.24. The molecule has 1 amide bonds. The smallest absolute Gasteiger partial charge is 0.406 e. The maximum Gasteiger partial charge on any atom is 0.573 e. The average Bonchev–Trinajstić information content (AvgIpc) is 3.10. The molecule has 6 nitrogen and oxygen atoms in total. The third kappa shape index (κ3) is 5.56. The van der Waals surface area contributed by atoms with Crippen LogP contribution >= 0.6 is 0 Å². The van der Waals surface area contributed by atoms with Crippen LogP contribution in [0.1, 0.15) is 12.3 Å². The van der Waals surface area contributed by atoms with Gasteiger partial charge in [0.25, 0.3) is 0 Å². The van der Waals surface area contributed by atoms with Gasteiger partial charge in [-0.3, -0.25) is 4.79 Å². The van der Waals surface area contributed by atoms with Crippen LogP contribution in [0.3, 0.4) is 0 Å². The number of amides is 1. The molecule has 0 spiro atoms. The molecule has 0 fully saturated rings. The number of alkyl halides is 3. The number of carbonyl (C=O) groups is 1. The van der Waals surface area contributed by atoms with Crippen molar-refractivity contribution in [3.05, 3.63) is 60.5 Å². The van der Waals surface area contributed by atoms with E-state index >= 15 is 0 Å². The molecule has 1 heterocycles. The lowest BCUT2D eigenvalue weighted by atomic mass is 10.2. The van der Waals surface area contributed by atoms with Crippen LogP contribution in [0, 0.1) is 0 Å². The minimum absolute atomic E-state index is 0.0806. The van der Waals surface area contributed by atoms with Gasteiger partial charge in [0.1, 0.15) is 5.75 Å². The van der Waals surface area contributed by atoms with Crippen molar-refractivity contribution >= 4 is 11.6 Å². The summed E-state index contributed by atoms with van der Waals surface area (Å²) in [4.78, 5) is 16.2. The van der Waals surface area contributed by atoms with Crippen molar-refractivity contribution in [3.8, 4) is 17.1 Å². The van der Waals surface area contributed by atoms with Gasteiger partial charge in [0, 0.05) is 24.1 Å². The highest BCUT2D eigenvalue weighted by Crippen LogP contribution is 2.24.